The van der Waals surface area contributed by atoms with Crippen LogP contribution in [0.4, 0.5) is 14.6 Å². The van der Waals surface area contributed by atoms with Crippen LogP contribution in [0.3, 0.4) is 0 Å². The van der Waals surface area contributed by atoms with Crippen molar-refractivity contribution >= 4 is 22.6 Å². The summed E-state index contributed by atoms with van der Waals surface area (Å²) in [4.78, 5) is 27.4. The average Bonchev–Trinajstić information content (AvgIpc) is 3.38. The summed E-state index contributed by atoms with van der Waals surface area (Å²) < 4.78 is 34.9. The van der Waals surface area contributed by atoms with Crippen molar-refractivity contribution in [3.8, 4) is 11.1 Å². The molecule has 0 atom stereocenters. The quantitative estimate of drug-likeness (QED) is 0.426. The van der Waals surface area contributed by atoms with Gasteiger partial charge in [0.2, 0.25) is 5.89 Å². The Hall–Kier alpha value is -3.95. The molecule has 10 heteroatoms. The molecule has 0 radical (unpaired) electrons. The Labute approximate surface area is 206 Å². The number of aromatic nitrogens is 4. The molecule has 5 rings (SSSR count). The number of amides is 1. The molecule has 36 heavy (non-hydrogen) atoms. The van der Waals surface area contributed by atoms with Gasteiger partial charge in [-0.1, -0.05) is 25.1 Å². The number of benzene rings is 2. The summed E-state index contributed by atoms with van der Waals surface area (Å²) in [5.41, 5.74) is 1.28. The first-order valence-corrected chi connectivity index (χ1v) is 11.9. The number of rotatable bonds is 5. The first kappa shape index (κ1) is 23.8. The fourth-order valence-electron chi connectivity index (χ4n) is 4.58. The van der Waals surface area contributed by atoms with Crippen LogP contribution in [-0.2, 0) is 0 Å². The maximum Gasteiger partial charge on any atom is 0.253 e. The number of nitrogens with zero attached hydrogens (tertiary/aromatic N) is 5. The summed E-state index contributed by atoms with van der Waals surface area (Å²) in [6.45, 7) is 5.40. The second-order valence-electron chi connectivity index (χ2n) is 9.23. The molecule has 1 fully saturated rings. The molecule has 1 amide bonds. The van der Waals surface area contributed by atoms with Crippen molar-refractivity contribution in [1.82, 2.24) is 25.4 Å². The van der Waals surface area contributed by atoms with Crippen molar-refractivity contribution in [3.05, 3.63) is 65.6 Å². The van der Waals surface area contributed by atoms with Crippen molar-refractivity contribution in [2.24, 2.45) is 0 Å². The summed E-state index contributed by atoms with van der Waals surface area (Å²) in [7, 11) is 1.43. The van der Waals surface area contributed by atoms with Gasteiger partial charge in [-0.2, -0.15) is 4.98 Å². The minimum Gasteiger partial charge on any atom is -0.356 e. The van der Waals surface area contributed by atoms with Gasteiger partial charge < -0.3 is 14.7 Å². The van der Waals surface area contributed by atoms with Crippen molar-refractivity contribution < 1.29 is 18.1 Å². The Kier molecular flexibility index (Phi) is 6.34. The molecule has 4 aromatic rings. The van der Waals surface area contributed by atoms with Gasteiger partial charge >= 0.3 is 0 Å². The minimum atomic E-state index is -0.692. The fraction of sp³-hybridized carbons (Fsp3) is 0.346. The lowest BCUT2D eigenvalue weighted by Gasteiger charge is -2.32. The highest BCUT2D eigenvalue weighted by Gasteiger charge is 2.27. The molecule has 0 bridgehead atoms. The summed E-state index contributed by atoms with van der Waals surface area (Å²) in [6, 6.07) is 6.92. The van der Waals surface area contributed by atoms with Crippen LogP contribution in [0, 0.1) is 11.6 Å². The third-order valence-electron chi connectivity index (χ3n) is 6.55. The Morgan fingerprint density at radius 1 is 1.14 bits per heavy atom. The number of fused-ring (bicyclic) bond motifs is 1. The number of hydrogen-bond donors (Lipinski definition) is 1. The number of nitrogens with one attached hydrogen (secondary N) is 1. The van der Waals surface area contributed by atoms with E-state index in [2.05, 4.69) is 30.3 Å². The molecular weight excluding hydrogens is 466 g/mol. The molecule has 2 aromatic carbocycles. The predicted molar refractivity (Wildman–Crippen MR) is 131 cm³/mol. The topological polar surface area (TPSA) is 97.0 Å². The summed E-state index contributed by atoms with van der Waals surface area (Å²) in [5, 5.41) is 7.02. The largest absolute Gasteiger partial charge is 0.356 e. The summed E-state index contributed by atoms with van der Waals surface area (Å²) >= 11 is 0. The lowest BCUT2D eigenvalue weighted by atomic mass is 9.96. The molecule has 1 saturated heterocycles. The van der Waals surface area contributed by atoms with E-state index in [0.717, 1.165) is 12.8 Å². The van der Waals surface area contributed by atoms with E-state index in [1.807, 2.05) is 13.8 Å². The highest BCUT2D eigenvalue weighted by Crippen LogP contribution is 2.36. The first-order valence-electron chi connectivity index (χ1n) is 11.9. The molecule has 2 aromatic heterocycles. The second kappa shape index (κ2) is 9.60. The van der Waals surface area contributed by atoms with Gasteiger partial charge in [0.25, 0.3) is 5.91 Å². The molecule has 3 heterocycles. The fourth-order valence-corrected chi connectivity index (χ4v) is 4.58. The van der Waals surface area contributed by atoms with E-state index in [0.29, 0.717) is 52.7 Å². The number of hydrogen-bond acceptors (Lipinski definition) is 7. The predicted octanol–water partition coefficient (Wildman–Crippen LogP) is 4.83. The first-order chi connectivity index (χ1) is 17.4. The van der Waals surface area contributed by atoms with E-state index in [9.17, 15) is 13.6 Å². The number of piperidine rings is 1. The van der Waals surface area contributed by atoms with Gasteiger partial charge in [-0.25, -0.2) is 18.7 Å². The Morgan fingerprint density at radius 3 is 2.58 bits per heavy atom. The third-order valence-corrected chi connectivity index (χ3v) is 6.55. The van der Waals surface area contributed by atoms with Gasteiger partial charge in [-0.15, -0.1) is 0 Å². The van der Waals surface area contributed by atoms with Crippen LogP contribution in [0.5, 0.6) is 0 Å². The van der Waals surface area contributed by atoms with Crippen LogP contribution in [-0.4, -0.2) is 46.2 Å². The number of carbonyl (C=O) groups excluding carboxylic acids is 1. The molecular formula is C26H26F2N6O2. The maximum absolute atomic E-state index is 14.8. The van der Waals surface area contributed by atoms with Gasteiger partial charge in [0.1, 0.15) is 23.8 Å². The lowest BCUT2D eigenvalue weighted by Crippen LogP contribution is -2.33. The van der Waals surface area contributed by atoms with Gasteiger partial charge in [0.15, 0.2) is 5.82 Å². The number of carbonyl (C=O) groups is 1. The van der Waals surface area contributed by atoms with Crippen molar-refractivity contribution in [2.75, 3.05) is 25.0 Å². The van der Waals surface area contributed by atoms with Crippen molar-refractivity contribution in [3.63, 3.8) is 0 Å². The normalized spacial score (nSPS) is 14.6. The van der Waals surface area contributed by atoms with E-state index in [1.165, 1.54) is 37.6 Å². The average molecular weight is 493 g/mol. The molecule has 8 nitrogen and oxygen atoms in total. The highest BCUT2D eigenvalue weighted by atomic mass is 19.1. The monoisotopic (exact) mass is 492 g/mol. The molecule has 1 aliphatic heterocycles. The Bertz CT molecular complexity index is 1430. The van der Waals surface area contributed by atoms with E-state index < -0.39 is 17.5 Å². The van der Waals surface area contributed by atoms with Crippen LogP contribution in [0.15, 0.2) is 41.2 Å². The van der Waals surface area contributed by atoms with E-state index in [-0.39, 0.29) is 17.4 Å². The van der Waals surface area contributed by atoms with Gasteiger partial charge in [0.05, 0.1) is 11.1 Å². The molecule has 0 aliphatic carbocycles. The van der Waals surface area contributed by atoms with Crippen LogP contribution in [0.25, 0.3) is 22.0 Å². The molecule has 1 aliphatic rings. The van der Waals surface area contributed by atoms with Crippen LogP contribution >= 0.6 is 0 Å². The van der Waals surface area contributed by atoms with Crippen molar-refractivity contribution in [2.45, 2.75) is 38.5 Å². The zero-order chi connectivity index (χ0) is 25.4. The molecule has 0 saturated carbocycles. The van der Waals surface area contributed by atoms with Gasteiger partial charge in [-0.05, 0) is 42.7 Å². The lowest BCUT2D eigenvalue weighted by molar-refractivity contribution is 0.0959. The third kappa shape index (κ3) is 4.38. The maximum atomic E-state index is 14.8. The van der Waals surface area contributed by atoms with Gasteiger partial charge in [0, 0.05) is 42.9 Å². The van der Waals surface area contributed by atoms with E-state index in [1.54, 1.807) is 6.07 Å². The second-order valence-corrected chi connectivity index (χ2v) is 9.23. The summed E-state index contributed by atoms with van der Waals surface area (Å²) in [6.07, 6.45) is 3.02. The zero-order valence-electron chi connectivity index (χ0n) is 20.3. The number of anilines is 1. The molecule has 0 unspecified atom stereocenters. The summed E-state index contributed by atoms with van der Waals surface area (Å²) in [5.74, 6) is 0.634. The Balaban J connectivity index is 1.45. The standard InChI is InChI=1S/C26H26F2N6O2/c1-14(2)23-32-26(36-33-23)15-6-8-34(9-7-15)24-20-12-17(27)11-19(22(20)30-13-31-24)16-4-5-18(21(28)10-16)25(35)29-3/h4-5,10-15H,6-9H2,1-3H3,(H,29,35). The van der Waals surface area contributed by atoms with Gasteiger partial charge in [-0.3, -0.25) is 4.79 Å². The molecule has 1 N–H and O–H groups in total. The van der Waals surface area contributed by atoms with Crippen LogP contribution in [0.1, 0.15) is 60.6 Å². The smallest absolute Gasteiger partial charge is 0.253 e. The molecule has 186 valence electrons. The van der Waals surface area contributed by atoms with E-state index >= 15 is 0 Å². The Morgan fingerprint density at radius 2 is 1.92 bits per heavy atom. The molecule has 0 spiro atoms. The SMILES string of the molecule is CNC(=O)c1ccc(-c2cc(F)cc3c(N4CCC(c5nc(C(C)C)no5)CC4)ncnc23)cc1F. The minimum absolute atomic E-state index is 0.0816. The number of halogens is 2. The van der Waals surface area contributed by atoms with Crippen LogP contribution < -0.4 is 10.2 Å². The van der Waals surface area contributed by atoms with Crippen LogP contribution in [0.2, 0.25) is 0 Å². The van der Waals surface area contributed by atoms with Crippen molar-refractivity contribution in [1.29, 1.82) is 0 Å². The van der Waals surface area contributed by atoms with E-state index in [4.69, 9.17) is 4.52 Å². The zero-order valence-corrected chi connectivity index (χ0v) is 20.3. The highest BCUT2D eigenvalue weighted by molar-refractivity contribution is 6.00.